The van der Waals surface area contributed by atoms with Gasteiger partial charge in [0, 0.05) is 26.8 Å². The highest BCUT2D eigenvalue weighted by molar-refractivity contribution is 5.79. The number of pyridine rings is 1. The van der Waals surface area contributed by atoms with Gasteiger partial charge in [-0.1, -0.05) is 6.07 Å². The van der Waals surface area contributed by atoms with Gasteiger partial charge in [0.1, 0.15) is 17.9 Å². The summed E-state index contributed by atoms with van der Waals surface area (Å²) in [6.07, 6.45) is 4.65. The Morgan fingerprint density at radius 1 is 1.26 bits per heavy atom. The first-order valence-electron chi connectivity index (χ1n) is 8.29. The number of guanidine groups is 1. The summed E-state index contributed by atoms with van der Waals surface area (Å²) in [5.41, 5.74) is 0.757. The topological polar surface area (TPSA) is 89.2 Å². The molecule has 9 heteroatoms. The third-order valence-electron chi connectivity index (χ3n) is 3.76. The van der Waals surface area contributed by atoms with Gasteiger partial charge in [-0.2, -0.15) is 5.10 Å². The zero-order valence-electron chi connectivity index (χ0n) is 15.1. The minimum atomic E-state index is -0.444. The minimum absolute atomic E-state index is 0.150. The van der Waals surface area contributed by atoms with Gasteiger partial charge in [-0.25, -0.2) is 9.37 Å². The number of aliphatic imine (C=N–C) groups is 1. The highest BCUT2D eigenvalue weighted by atomic mass is 19.1. The van der Waals surface area contributed by atoms with Crippen LogP contribution in [0.2, 0.25) is 0 Å². The Hall–Kier alpha value is -3.49. The van der Waals surface area contributed by atoms with Crippen molar-refractivity contribution >= 4 is 5.96 Å². The molecule has 27 heavy (non-hydrogen) atoms. The monoisotopic (exact) mass is 369 g/mol. The van der Waals surface area contributed by atoms with Crippen molar-refractivity contribution in [3.8, 4) is 11.5 Å². The Labute approximate surface area is 156 Å². The molecule has 2 heterocycles. The summed E-state index contributed by atoms with van der Waals surface area (Å²) in [5, 5.41) is 10.3. The van der Waals surface area contributed by atoms with Crippen LogP contribution in [-0.2, 0) is 20.1 Å². The van der Waals surface area contributed by atoms with Gasteiger partial charge in [0.15, 0.2) is 17.5 Å². The number of hydrogen-bond donors (Lipinski definition) is 2. The molecule has 0 spiro atoms. The molecule has 0 saturated heterocycles. The predicted molar refractivity (Wildman–Crippen MR) is 98.8 cm³/mol. The number of rotatable bonds is 6. The van der Waals surface area contributed by atoms with Crippen LogP contribution in [0.25, 0.3) is 0 Å². The largest absolute Gasteiger partial charge is 0.453 e. The van der Waals surface area contributed by atoms with E-state index in [9.17, 15) is 4.39 Å². The average Bonchev–Trinajstić information content (AvgIpc) is 3.10. The van der Waals surface area contributed by atoms with E-state index in [1.165, 1.54) is 18.6 Å². The molecule has 8 nitrogen and oxygen atoms in total. The summed E-state index contributed by atoms with van der Waals surface area (Å²) >= 11 is 0. The van der Waals surface area contributed by atoms with Crippen molar-refractivity contribution in [2.45, 2.75) is 13.1 Å². The minimum Gasteiger partial charge on any atom is -0.453 e. The van der Waals surface area contributed by atoms with E-state index in [1.54, 1.807) is 42.2 Å². The summed E-state index contributed by atoms with van der Waals surface area (Å²) in [5.74, 6) is 1.54. The van der Waals surface area contributed by atoms with E-state index in [0.29, 0.717) is 24.8 Å². The van der Waals surface area contributed by atoms with Crippen molar-refractivity contribution in [2.24, 2.45) is 12.0 Å². The van der Waals surface area contributed by atoms with Crippen LogP contribution < -0.4 is 15.4 Å². The summed E-state index contributed by atoms with van der Waals surface area (Å²) in [6, 6.07) is 8.25. The van der Waals surface area contributed by atoms with Crippen molar-refractivity contribution in [3.63, 3.8) is 0 Å². The SMILES string of the molecule is CN=C(NCc1ccc(Oc2cccnc2)c(F)c1)NCc1ncnn1C. The van der Waals surface area contributed by atoms with Crippen LogP contribution in [0.4, 0.5) is 4.39 Å². The molecule has 3 aromatic rings. The number of hydrogen-bond acceptors (Lipinski definition) is 5. The van der Waals surface area contributed by atoms with Crippen molar-refractivity contribution in [1.29, 1.82) is 0 Å². The van der Waals surface area contributed by atoms with Crippen molar-refractivity contribution in [1.82, 2.24) is 30.4 Å². The van der Waals surface area contributed by atoms with Crippen LogP contribution in [0, 0.1) is 5.82 Å². The van der Waals surface area contributed by atoms with E-state index in [0.717, 1.165) is 11.4 Å². The Morgan fingerprint density at radius 2 is 2.11 bits per heavy atom. The van der Waals surface area contributed by atoms with Crippen molar-refractivity contribution < 1.29 is 9.13 Å². The maximum absolute atomic E-state index is 14.3. The third kappa shape index (κ3) is 5.00. The molecule has 2 aromatic heterocycles. The number of halogens is 1. The molecule has 0 unspecified atom stereocenters. The molecule has 1 aromatic carbocycles. The number of aromatic nitrogens is 4. The second-order valence-corrected chi connectivity index (χ2v) is 5.63. The molecule has 0 aliphatic carbocycles. The lowest BCUT2D eigenvalue weighted by atomic mass is 10.2. The Morgan fingerprint density at radius 3 is 2.78 bits per heavy atom. The molecule has 2 N–H and O–H groups in total. The normalized spacial score (nSPS) is 11.3. The lowest BCUT2D eigenvalue weighted by molar-refractivity contribution is 0.440. The molecule has 0 fully saturated rings. The zero-order valence-corrected chi connectivity index (χ0v) is 15.1. The van der Waals surface area contributed by atoms with E-state index in [2.05, 4.69) is 30.7 Å². The highest BCUT2D eigenvalue weighted by Gasteiger charge is 2.08. The zero-order chi connectivity index (χ0) is 19.1. The first kappa shape index (κ1) is 18.3. The predicted octanol–water partition coefficient (Wildman–Crippen LogP) is 2.01. The molecular weight excluding hydrogens is 349 g/mol. The van der Waals surface area contributed by atoms with E-state index in [-0.39, 0.29) is 5.75 Å². The molecule has 0 radical (unpaired) electrons. The number of ether oxygens (including phenoxy) is 1. The molecule has 0 atom stereocenters. The molecule has 140 valence electrons. The third-order valence-corrected chi connectivity index (χ3v) is 3.76. The van der Waals surface area contributed by atoms with E-state index >= 15 is 0 Å². The maximum Gasteiger partial charge on any atom is 0.191 e. The number of nitrogens with one attached hydrogen (secondary N) is 2. The van der Waals surface area contributed by atoms with Crippen molar-refractivity contribution in [3.05, 3.63) is 66.3 Å². The number of benzene rings is 1. The molecule has 3 rings (SSSR count). The first-order chi connectivity index (χ1) is 13.2. The fourth-order valence-corrected chi connectivity index (χ4v) is 2.32. The van der Waals surface area contributed by atoms with E-state index < -0.39 is 5.82 Å². The van der Waals surface area contributed by atoms with Crippen LogP contribution in [0.3, 0.4) is 0 Å². The summed E-state index contributed by atoms with van der Waals surface area (Å²) in [4.78, 5) is 12.2. The summed E-state index contributed by atoms with van der Waals surface area (Å²) in [6.45, 7) is 0.880. The summed E-state index contributed by atoms with van der Waals surface area (Å²) in [7, 11) is 3.48. The Balaban J connectivity index is 1.55. The second kappa shape index (κ2) is 8.75. The van der Waals surface area contributed by atoms with Gasteiger partial charge in [0.2, 0.25) is 0 Å². The molecule has 0 bridgehead atoms. The standard InChI is InChI=1S/C18H20FN7O/c1-20-18(23-11-17-24-12-25-26(17)2)22-9-13-5-6-16(15(19)8-13)27-14-4-3-7-21-10-14/h3-8,10,12H,9,11H2,1-2H3,(H2,20,22,23). The van der Waals surface area contributed by atoms with Crippen LogP contribution in [-0.4, -0.2) is 32.8 Å². The van der Waals surface area contributed by atoms with E-state index in [1.807, 2.05) is 7.05 Å². The van der Waals surface area contributed by atoms with Crippen LogP contribution in [0.5, 0.6) is 11.5 Å². The molecule has 0 amide bonds. The van der Waals surface area contributed by atoms with Crippen LogP contribution in [0.15, 0.2) is 54.0 Å². The highest BCUT2D eigenvalue weighted by Crippen LogP contribution is 2.24. The first-order valence-corrected chi connectivity index (χ1v) is 8.29. The van der Waals surface area contributed by atoms with Gasteiger partial charge in [0.05, 0.1) is 12.7 Å². The van der Waals surface area contributed by atoms with Gasteiger partial charge in [0.25, 0.3) is 0 Å². The van der Waals surface area contributed by atoms with Crippen LogP contribution >= 0.6 is 0 Å². The van der Waals surface area contributed by atoms with Gasteiger partial charge >= 0.3 is 0 Å². The number of aryl methyl sites for hydroxylation is 1. The molecular formula is C18H20FN7O. The fourth-order valence-electron chi connectivity index (χ4n) is 2.32. The quantitative estimate of drug-likeness (QED) is 0.510. The Bertz CT molecular complexity index is 911. The Kier molecular flexibility index (Phi) is 5.93. The number of nitrogens with zero attached hydrogens (tertiary/aromatic N) is 5. The van der Waals surface area contributed by atoms with Gasteiger partial charge < -0.3 is 15.4 Å². The van der Waals surface area contributed by atoms with Gasteiger partial charge in [-0.05, 0) is 29.8 Å². The smallest absolute Gasteiger partial charge is 0.191 e. The maximum atomic E-state index is 14.3. The van der Waals surface area contributed by atoms with Gasteiger partial charge in [-0.15, -0.1) is 0 Å². The fraction of sp³-hybridized carbons (Fsp3) is 0.222. The van der Waals surface area contributed by atoms with Crippen LogP contribution in [0.1, 0.15) is 11.4 Å². The molecule has 0 saturated carbocycles. The lowest BCUT2D eigenvalue weighted by Gasteiger charge is -2.12. The van der Waals surface area contributed by atoms with E-state index in [4.69, 9.17) is 4.74 Å². The second-order valence-electron chi connectivity index (χ2n) is 5.63. The van der Waals surface area contributed by atoms with Crippen molar-refractivity contribution in [2.75, 3.05) is 7.05 Å². The lowest BCUT2D eigenvalue weighted by Crippen LogP contribution is -2.36. The average molecular weight is 369 g/mol. The summed E-state index contributed by atoms with van der Waals surface area (Å²) < 4.78 is 21.5. The van der Waals surface area contributed by atoms with Gasteiger partial charge in [-0.3, -0.25) is 14.7 Å². The molecule has 0 aliphatic heterocycles. The molecule has 0 aliphatic rings.